The van der Waals surface area contributed by atoms with Gasteiger partial charge in [0.25, 0.3) is 5.91 Å². The lowest BCUT2D eigenvalue weighted by Gasteiger charge is -2.35. The van der Waals surface area contributed by atoms with E-state index in [1.165, 1.54) is 0 Å². The van der Waals surface area contributed by atoms with E-state index < -0.39 is 6.09 Å². The molecule has 0 aromatic heterocycles. The van der Waals surface area contributed by atoms with Crippen LogP contribution in [0.4, 0.5) is 10.5 Å². The minimum atomic E-state index is -0.502. The highest BCUT2D eigenvalue weighted by Crippen LogP contribution is 2.16. The van der Waals surface area contributed by atoms with Gasteiger partial charge in [-0.05, 0) is 45.0 Å². The van der Waals surface area contributed by atoms with Crippen molar-refractivity contribution in [1.82, 2.24) is 4.90 Å². The first-order valence-electron chi connectivity index (χ1n) is 7.48. The van der Waals surface area contributed by atoms with Crippen molar-refractivity contribution >= 4 is 17.7 Å². The second-order valence-corrected chi connectivity index (χ2v) is 5.39. The number of carbonyl (C=O) groups is 2. The molecule has 0 spiro atoms. The molecule has 1 aliphatic rings. The van der Waals surface area contributed by atoms with Crippen LogP contribution in [0.2, 0.25) is 0 Å². The molecule has 0 bridgehead atoms. The highest BCUT2D eigenvalue weighted by atomic mass is 16.5. The van der Waals surface area contributed by atoms with Gasteiger partial charge < -0.3 is 14.4 Å². The zero-order valence-corrected chi connectivity index (χ0v) is 13.2. The normalized spacial score (nSPS) is 21.3. The van der Waals surface area contributed by atoms with Gasteiger partial charge in [-0.25, -0.2) is 4.79 Å². The Balaban J connectivity index is 2.00. The van der Waals surface area contributed by atoms with Crippen molar-refractivity contribution in [3.05, 3.63) is 29.8 Å². The number of benzene rings is 1. The van der Waals surface area contributed by atoms with E-state index in [9.17, 15) is 9.59 Å². The van der Waals surface area contributed by atoms with Crippen molar-refractivity contribution in [1.29, 1.82) is 0 Å². The van der Waals surface area contributed by atoms with Gasteiger partial charge in [-0.2, -0.15) is 0 Å². The van der Waals surface area contributed by atoms with Gasteiger partial charge in [0.05, 0.1) is 18.8 Å². The fourth-order valence-electron chi connectivity index (χ4n) is 2.51. The lowest BCUT2D eigenvalue weighted by molar-refractivity contribution is -0.0586. The molecule has 2 amide bonds. The largest absolute Gasteiger partial charge is 0.450 e. The fourth-order valence-corrected chi connectivity index (χ4v) is 2.51. The molecule has 0 aliphatic carbocycles. The Morgan fingerprint density at radius 3 is 2.36 bits per heavy atom. The monoisotopic (exact) mass is 306 g/mol. The smallest absolute Gasteiger partial charge is 0.411 e. The van der Waals surface area contributed by atoms with Crippen LogP contribution in [-0.4, -0.2) is 48.8 Å². The van der Waals surface area contributed by atoms with E-state index in [0.717, 1.165) is 0 Å². The summed E-state index contributed by atoms with van der Waals surface area (Å²) < 4.78 is 10.4. The summed E-state index contributed by atoms with van der Waals surface area (Å²) in [5, 5.41) is 2.60. The Labute approximate surface area is 130 Å². The molecule has 2 rings (SSSR count). The maximum Gasteiger partial charge on any atom is 0.411 e. The summed E-state index contributed by atoms with van der Waals surface area (Å²) in [7, 11) is 0. The first kappa shape index (κ1) is 16.3. The molecule has 0 saturated carbocycles. The van der Waals surface area contributed by atoms with Gasteiger partial charge >= 0.3 is 6.09 Å². The van der Waals surface area contributed by atoms with E-state index >= 15 is 0 Å². The van der Waals surface area contributed by atoms with Crippen LogP contribution in [0, 0.1) is 0 Å². The third-order valence-corrected chi connectivity index (χ3v) is 3.36. The quantitative estimate of drug-likeness (QED) is 0.931. The average Bonchev–Trinajstić information content (AvgIpc) is 2.46. The molecule has 1 aliphatic heterocycles. The highest BCUT2D eigenvalue weighted by Gasteiger charge is 2.26. The molecule has 6 heteroatoms. The first-order valence-corrected chi connectivity index (χ1v) is 7.48. The maximum absolute atomic E-state index is 12.5. The SMILES string of the molecule is CCOC(=O)Nc1ccc(C(=O)N2C[C@@H](C)O[C@@H](C)C2)cc1. The lowest BCUT2D eigenvalue weighted by atomic mass is 10.1. The molecule has 22 heavy (non-hydrogen) atoms. The standard InChI is InChI=1S/C16H22N2O4/c1-4-21-16(20)17-14-7-5-13(6-8-14)15(19)18-9-11(2)22-12(3)10-18/h5-8,11-12H,4,9-10H2,1-3H3,(H,17,20)/t11-,12+. The Bertz CT molecular complexity index is 519. The molecule has 120 valence electrons. The molecule has 0 unspecified atom stereocenters. The fraction of sp³-hybridized carbons (Fsp3) is 0.500. The highest BCUT2D eigenvalue weighted by molar-refractivity contribution is 5.95. The summed E-state index contributed by atoms with van der Waals surface area (Å²) in [5.74, 6) is -0.0234. The molecule has 0 radical (unpaired) electrons. The van der Waals surface area contributed by atoms with Gasteiger partial charge in [-0.1, -0.05) is 0 Å². The van der Waals surface area contributed by atoms with Crippen LogP contribution in [0.1, 0.15) is 31.1 Å². The topological polar surface area (TPSA) is 67.9 Å². The van der Waals surface area contributed by atoms with E-state index in [0.29, 0.717) is 30.9 Å². The number of hydrogen-bond acceptors (Lipinski definition) is 4. The van der Waals surface area contributed by atoms with Gasteiger partial charge in [0, 0.05) is 24.3 Å². The van der Waals surface area contributed by atoms with Crippen molar-refractivity contribution in [2.24, 2.45) is 0 Å². The van der Waals surface area contributed by atoms with E-state index in [1.54, 1.807) is 36.1 Å². The molecule has 1 saturated heterocycles. The van der Waals surface area contributed by atoms with Crippen LogP contribution < -0.4 is 5.32 Å². The number of nitrogens with one attached hydrogen (secondary N) is 1. The van der Waals surface area contributed by atoms with E-state index in [2.05, 4.69) is 5.32 Å². The van der Waals surface area contributed by atoms with Crippen LogP contribution >= 0.6 is 0 Å². The average molecular weight is 306 g/mol. The Kier molecular flexibility index (Phi) is 5.38. The number of ether oxygens (including phenoxy) is 2. The zero-order valence-electron chi connectivity index (χ0n) is 13.2. The number of carbonyl (C=O) groups excluding carboxylic acids is 2. The zero-order chi connectivity index (χ0) is 16.1. The van der Waals surface area contributed by atoms with Gasteiger partial charge in [0.2, 0.25) is 0 Å². The van der Waals surface area contributed by atoms with Crippen LogP contribution in [0.5, 0.6) is 0 Å². The van der Waals surface area contributed by atoms with E-state index in [1.807, 2.05) is 13.8 Å². The summed E-state index contributed by atoms with van der Waals surface area (Å²) >= 11 is 0. The number of nitrogens with zero attached hydrogens (tertiary/aromatic N) is 1. The second kappa shape index (κ2) is 7.26. The molecule has 6 nitrogen and oxygen atoms in total. The van der Waals surface area contributed by atoms with Crippen LogP contribution in [0.3, 0.4) is 0 Å². The Hall–Kier alpha value is -2.08. The molecule has 2 atom stereocenters. The van der Waals surface area contributed by atoms with Gasteiger partial charge in [0.15, 0.2) is 0 Å². The molecule has 1 fully saturated rings. The predicted octanol–water partition coefficient (Wildman–Crippen LogP) is 2.50. The lowest BCUT2D eigenvalue weighted by Crippen LogP contribution is -2.48. The second-order valence-electron chi connectivity index (χ2n) is 5.39. The van der Waals surface area contributed by atoms with Crippen molar-refractivity contribution in [2.45, 2.75) is 33.0 Å². The van der Waals surface area contributed by atoms with Crippen molar-refractivity contribution in [3.63, 3.8) is 0 Å². The van der Waals surface area contributed by atoms with Crippen molar-refractivity contribution in [3.8, 4) is 0 Å². The molecule has 1 aromatic rings. The van der Waals surface area contributed by atoms with Crippen molar-refractivity contribution < 1.29 is 19.1 Å². The molecular weight excluding hydrogens is 284 g/mol. The Morgan fingerprint density at radius 1 is 1.23 bits per heavy atom. The van der Waals surface area contributed by atoms with E-state index in [4.69, 9.17) is 9.47 Å². The van der Waals surface area contributed by atoms with Gasteiger partial charge in [0.1, 0.15) is 0 Å². The van der Waals surface area contributed by atoms with Crippen molar-refractivity contribution in [2.75, 3.05) is 25.0 Å². The summed E-state index contributed by atoms with van der Waals surface area (Å²) in [6.45, 7) is 7.16. The maximum atomic E-state index is 12.5. The summed E-state index contributed by atoms with van der Waals surface area (Å²) in [6, 6.07) is 6.79. The van der Waals surface area contributed by atoms with Crippen LogP contribution in [0.15, 0.2) is 24.3 Å². The predicted molar refractivity (Wildman–Crippen MR) is 83.0 cm³/mol. The van der Waals surface area contributed by atoms with Gasteiger partial charge in [-0.3, -0.25) is 10.1 Å². The number of morpholine rings is 1. The number of rotatable bonds is 3. The first-order chi connectivity index (χ1) is 10.5. The summed E-state index contributed by atoms with van der Waals surface area (Å²) in [4.78, 5) is 25.6. The molecule has 1 N–H and O–H groups in total. The third kappa shape index (κ3) is 4.21. The summed E-state index contributed by atoms with van der Waals surface area (Å²) in [6.07, 6.45) is -0.424. The Morgan fingerprint density at radius 2 is 1.82 bits per heavy atom. The number of anilines is 1. The summed E-state index contributed by atoms with van der Waals surface area (Å²) in [5.41, 5.74) is 1.19. The minimum Gasteiger partial charge on any atom is -0.450 e. The van der Waals surface area contributed by atoms with Crippen LogP contribution in [-0.2, 0) is 9.47 Å². The molecular formula is C16H22N2O4. The third-order valence-electron chi connectivity index (χ3n) is 3.36. The van der Waals surface area contributed by atoms with Crippen LogP contribution in [0.25, 0.3) is 0 Å². The minimum absolute atomic E-state index is 0.0234. The number of amides is 2. The molecule has 1 heterocycles. The number of hydrogen-bond donors (Lipinski definition) is 1. The van der Waals surface area contributed by atoms with Gasteiger partial charge in [-0.15, -0.1) is 0 Å². The molecule has 1 aromatic carbocycles. The van der Waals surface area contributed by atoms with E-state index in [-0.39, 0.29) is 18.1 Å².